The van der Waals surface area contributed by atoms with Crippen molar-refractivity contribution in [3.63, 3.8) is 0 Å². The molecule has 0 spiro atoms. The number of aromatic amines is 1. The third-order valence-electron chi connectivity index (χ3n) is 5.54. The maximum absolute atomic E-state index is 9.79. The quantitative estimate of drug-likeness (QED) is 0.689. The molecular weight excluding hydrogens is 352 g/mol. The number of hydrogen-bond donors (Lipinski definition) is 3. The fourth-order valence-electron chi connectivity index (χ4n) is 3.89. The third-order valence-corrected chi connectivity index (χ3v) is 5.54. The Labute approximate surface area is 167 Å². The predicted molar refractivity (Wildman–Crippen MR) is 112 cm³/mol. The molecule has 0 bridgehead atoms. The number of benzene rings is 1. The SMILES string of the molecule is CNc1cccc(-c2n[nH]c3c2CCC(C)(C)C3)c1.O=CNCC1CCCO1. The first-order chi connectivity index (χ1) is 13.5. The molecule has 0 saturated carbocycles. The van der Waals surface area contributed by atoms with Crippen molar-refractivity contribution in [3.8, 4) is 11.3 Å². The number of nitrogens with zero attached hydrogens (tertiary/aromatic N) is 1. The van der Waals surface area contributed by atoms with Crippen molar-refractivity contribution in [1.29, 1.82) is 0 Å². The van der Waals surface area contributed by atoms with Crippen molar-refractivity contribution < 1.29 is 9.53 Å². The van der Waals surface area contributed by atoms with Crippen LogP contribution in [-0.2, 0) is 22.4 Å². The normalized spacial score (nSPS) is 19.9. The summed E-state index contributed by atoms with van der Waals surface area (Å²) in [6.07, 6.45) is 6.65. The van der Waals surface area contributed by atoms with E-state index in [0.29, 0.717) is 18.4 Å². The largest absolute Gasteiger partial charge is 0.388 e. The second-order valence-corrected chi connectivity index (χ2v) is 8.36. The molecule has 0 radical (unpaired) electrons. The molecule has 1 saturated heterocycles. The van der Waals surface area contributed by atoms with Gasteiger partial charge in [0.15, 0.2) is 0 Å². The molecule has 28 heavy (non-hydrogen) atoms. The number of carbonyl (C=O) groups is 1. The Morgan fingerprint density at radius 1 is 1.39 bits per heavy atom. The predicted octanol–water partition coefficient (Wildman–Crippen LogP) is 3.54. The zero-order valence-electron chi connectivity index (χ0n) is 17.2. The summed E-state index contributed by atoms with van der Waals surface area (Å²) >= 11 is 0. The van der Waals surface area contributed by atoms with Crippen LogP contribution in [0.3, 0.4) is 0 Å². The molecule has 2 aliphatic rings. The zero-order chi connectivity index (χ0) is 20.0. The average Bonchev–Trinajstić information content (AvgIpc) is 3.35. The van der Waals surface area contributed by atoms with Crippen molar-refractivity contribution in [1.82, 2.24) is 15.5 Å². The molecule has 1 aliphatic carbocycles. The van der Waals surface area contributed by atoms with E-state index < -0.39 is 0 Å². The van der Waals surface area contributed by atoms with Crippen molar-refractivity contribution in [3.05, 3.63) is 35.5 Å². The summed E-state index contributed by atoms with van der Waals surface area (Å²) in [5.41, 5.74) is 6.58. The lowest BCUT2D eigenvalue weighted by molar-refractivity contribution is -0.110. The molecule has 1 aromatic carbocycles. The number of aromatic nitrogens is 2. The Balaban J connectivity index is 0.000000211. The molecule has 1 fully saturated rings. The monoisotopic (exact) mass is 384 g/mol. The lowest BCUT2D eigenvalue weighted by Gasteiger charge is -2.29. The van der Waals surface area contributed by atoms with Crippen molar-refractivity contribution in [2.75, 3.05) is 25.5 Å². The van der Waals surface area contributed by atoms with Gasteiger partial charge < -0.3 is 15.4 Å². The van der Waals surface area contributed by atoms with Gasteiger partial charge in [-0.3, -0.25) is 9.89 Å². The van der Waals surface area contributed by atoms with Gasteiger partial charge in [-0.25, -0.2) is 0 Å². The first-order valence-corrected chi connectivity index (χ1v) is 10.2. The fraction of sp³-hybridized carbons (Fsp3) is 0.545. The number of nitrogens with one attached hydrogen (secondary N) is 3. The first-order valence-electron chi connectivity index (χ1n) is 10.2. The minimum atomic E-state index is 0.273. The molecule has 1 aromatic heterocycles. The van der Waals surface area contributed by atoms with Gasteiger partial charge in [0.25, 0.3) is 0 Å². The topological polar surface area (TPSA) is 79.0 Å². The van der Waals surface area contributed by atoms with E-state index in [0.717, 1.165) is 43.7 Å². The third kappa shape index (κ3) is 5.13. The number of carbonyl (C=O) groups excluding carboxylic acids is 1. The van der Waals surface area contributed by atoms with Crippen LogP contribution in [0.4, 0.5) is 5.69 Å². The van der Waals surface area contributed by atoms with Crippen LogP contribution >= 0.6 is 0 Å². The van der Waals surface area contributed by atoms with Gasteiger partial charge in [0.2, 0.25) is 6.41 Å². The van der Waals surface area contributed by atoms with E-state index in [1.165, 1.54) is 23.2 Å². The molecule has 3 N–H and O–H groups in total. The van der Waals surface area contributed by atoms with Gasteiger partial charge in [0, 0.05) is 42.7 Å². The number of hydrogen-bond acceptors (Lipinski definition) is 4. The summed E-state index contributed by atoms with van der Waals surface area (Å²) in [5, 5.41) is 13.6. The minimum Gasteiger partial charge on any atom is -0.388 e. The molecule has 152 valence electrons. The summed E-state index contributed by atoms with van der Waals surface area (Å²) in [5.74, 6) is 0. The van der Waals surface area contributed by atoms with E-state index in [9.17, 15) is 4.79 Å². The Bertz CT molecular complexity index is 779. The maximum atomic E-state index is 9.79. The van der Waals surface area contributed by atoms with E-state index in [-0.39, 0.29) is 6.10 Å². The molecule has 6 nitrogen and oxygen atoms in total. The highest BCUT2D eigenvalue weighted by molar-refractivity contribution is 5.68. The minimum absolute atomic E-state index is 0.273. The van der Waals surface area contributed by atoms with Crippen LogP contribution in [0.25, 0.3) is 11.3 Å². The summed E-state index contributed by atoms with van der Waals surface area (Å²) < 4.78 is 5.23. The molecule has 1 aliphatic heterocycles. The smallest absolute Gasteiger partial charge is 0.207 e. The van der Waals surface area contributed by atoms with Crippen molar-refractivity contribution >= 4 is 12.1 Å². The van der Waals surface area contributed by atoms with E-state index >= 15 is 0 Å². The number of amides is 1. The van der Waals surface area contributed by atoms with E-state index in [4.69, 9.17) is 4.74 Å². The van der Waals surface area contributed by atoms with Crippen molar-refractivity contribution in [2.45, 2.75) is 52.1 Å². The van der Waals surface area contributed by atoms with Crippen molar-refractivity contribution in [2.24, 2.45) is 5.41 Å². The fourth-order valence-corrected chi connectivity index (χ4v) is 3.89. The van der Waals surface area contributed by atoms with Gasteiger partial charge in [0.1, 0.15) is 0 Å². The van der Waals surface area contributed by atoms with Gasteiger partial charge in [-0.15, -0.1) is 0 Å². The highest BCUT2D eigenvalue weighted by Crippen LogP contribution is 2.38. The van der Waals surface area contributed by atoms with E-state index in [1.54, 1.807) is 0 Å². The Morgan fingerprint density at radius 2 is 2.25 bits per heavy atom. The Kier molecular flexibility index (Phi) is 6.73. The number of fused-ring (bicyclic) bond motifs is 1. The second-order valence-electron chi connectivity index (χ2n) is 8.36. The highest BCUT2D eigenvalue weighted by atomic mass is 16.5. The molecule has 1 amide bonds. The highest BCUT2D eigenvalue weighted by Gasteiger charge is 2.29. The Hall–Kier alpha value is -2.34. The summed E-state index contributed by atoms with van der Waals surface area (Å²) in [7, 11) is 1.95. The first kappa shape index (κ1) is 20.4. The molecule has 2 aromatic rings. The molecule has 4 rings (SSSR count). The second kappa shape index (κ2) is 9.24. The molecule has 2 heterocycles. The van der Waals surface area contributed by atoms with Gasteiger partial charge in [0.05, 0.1) is 11.8 Å². The number of H-pyrrole nitrogens is 1. The van der Waals surface area contributed by atoms with E-state index in [1.807, 2.05) is 7.05 Å². The number of ether oxygens (including phenoxy) is 1. The van der Waals surface area contributed by atoms with Crippen LogP contribution in [0.5, 0.6) is 0 Å². The Morgan fingerprint density at radius 3 is 2.96 bits per heavy atom. The standard InChI is InChI=1S/C16H21N3.C6H11NO2/c1-16(2)8-7-13-14(10-16)18-19-15(13)11-5-4-6-12(9-11)17-3;8-5-7-4-6-2-1-3-9-6/h4-6,9,17H,7-8,10H2,1-3H3,(H,18,19);5-6H,1-4H2,(H,7,8). The molecule has 6 heteroatoms. The van der Waals surface area contributed by atoms with Gasteiger partial charge in [-0.1, -0.05) is 26.0 Å². The average molecular weight is 385 g/mol. The number of rotatable bonds is 5. The van der Waals surface area contributed by atoms with Crippen LogP contribution in [-0.4, -0.2) is 42.9 Å². The van der Waals surface area contributed by atoms with Gasteiger partial charge >= 0.3 is 0 Å². The van der Waals surface area contributed by atoms with Crippen LogP contribution in [0.15, 0.2) is 24.3 Å². The number of anilines is 1. The lowest BCUT2D eigenvalue weighted by Crippen LogP contribution is -2.24. The van der Waals surface area contributed by atoms with Gasteiger partial charge in [-0.05, 0) is 49.7 Å². The van der Waals surface area contributed by atoms with Gasteiger partial charge in [-0.2, -0.15) is 5.10 Å². The maximum Gasteiger partial charge on any atom is 0.207 e. The van der Waals surface area contributed by atoms with Crippen LogP contribution < -0.4 is 10.6 Å². The summed E-state index contributed by atoms with van der Waals surface area (Å²) in [6.45, 7) is 6.19. The molecule has 1 atom stereocenters. The molecular formula is C22H32N4O2. The molecule has 1 unspecified atom stereocenters. The zero-order valence-corrected chi connectivity index (χ0v) is 17.2. The summed E-state index contributed by atoms with van der Waals surface area (Å²) in [6, 6.07) is 8.45. The van der Waals surface area contributed by atoms with Crippen LogP contribution in [0.2, 0.25) is 0 Å². The van der Waals surface area contributed by atoms with Crippen LogP contribution in [0.1, 0.15) is 44.4 Å². The lowest BCUT2D eigenvalue weighted by atomic mass is 9.76. The summed E-state index contributed by atoms with van der Waals surface area (Å²) in [4.78, 5) is 9.79. The van der Waals surface area contributed by atoms with Crippen LogP contribution in [0, 0.1) is 5.41 Å². The van der Waals surface area contributed by atoms with E-state index in [2.05, 4.69) is 58.9 Å².